The first-order valence-corrected chi connectivity index (χ1v) is 6.20. The minimum atomic E-state index is 0. The van der Waals surface area contributed by atoms with Crippen molar-refractivity contribution >= 4 is 18.3 Å². The van der Waals surface area contributed by atoms with Crippen molar-refractivity contribution < 1.29 is 4.79 Å². The number of piperidine rings is 1. The Morgan fingerprint density at radius 3 is 2.50 bits per heavy atom. The average molecular weight is 269 g/mol. The summed E-state index contributed by atoms with van der Waals surface area (Å²) in [5, 5.41) is 0. The molecule has 1 amide bonds. The summed E-state index contributed by atoms with van der Waals surface area (Å²) in [4.78, 5) is 14.3. The van der Waals surface area contributed by atoms with Crippen LogP contribution in [-0.2, 0) is 0 Å². The van der Waals surface area contributed by atoms with Crippen LogP contribution in [0.15, 0.2) is 18.2 Å². The molecule has 1 heterocycles. The Hall–Kier alpha value is -1.06. The Morgan fingerprint density at radius 1 is 1.33 bits per heavy atom. The summed E-state index contributed by atoms with van der Waals surface area (Å²) in [6.45, 7) is 5.50. The highest BCUT2D eigenvalue weighted by atomic mass is 35.5. The molecule has 0 unspecified atom stereocenters. The quantitative estimate of drug-likeness (QED) is 0.849. The molecule has 2 N–H and O–H groups in total. The molecule has 0 spiro atoms. The van der Waals surface area contributed by atoms with Gasteiger partial charge in [0.1, 0.15) is 0 Å². The van der Waals surface area contributed by atoms with E-state index >= 15 is 0 Å². The van der Waals surface area contributed by atoms with Crippen molar-refractivity contribution in [1.82, 2.24) is 4.90 Å². The Kier molecular flexibility index (Phi) is 5.17. The second-order valence-corrected chi connectivity index (χ2v) is 4.92. The number of likely N-dealkylation sites (tertiary alicyclic amines) is 1. The number of nitrogens with zero attached hydrogens (tertiary/aromatic N) is 1. The van der Waals surface area contributed by atoms with E-state index in [9.17, 15) is 4.79 Å². The second-order valence-electron chi connectivity index (χ2n) is 4.92. The fraction of sp³-hybridized carbons (Fsp3) is 0.500. The van der Waals surface area contributed by atoms with Gasteiger partial charge in [-0.3, -0.25) is 4.79 Å². The van der Waals surface area contributed by atoms with Crippen molar-refractivity contribution in [2.24, 2.45) is 5.73 Å². The Balaban J connectivity index is 0.00000162. The normalized spacial score (nSPS) is 19.3. The maximum Gasteiger partial charge on any atom is 0.254 e. The highest BCUT2D eigenvalue weighted by Gasteiger charge is 2.24. The van der Waals surface area contributed by atoms with Crippen LogP contribution in [0.1, 0.15) is 34.3 Å². The largest absolute Gasteiger partial charge is 0.337 e. The lowest BCUT2D eigenvalue weighted by Gasteiger charge is -2.31. The summed E-state index contributed by atoms with van der Waals surface area (Å²) < 4.78 is 0. The maximum absolute atomic E-state index is 12.5. The molecule has 1 saturated heterocycles. The van der Waals surface area contributed by atoms with Crippen molar-refractivity contribution in [2.75, 3.05) is 13.1 Å². The van der Waals surface area contributed by atoms with Gasteiger partial charge in [0.2, 0.25) is 0 Å². The minimum absolute atomic E-state index is 0. The molecular weight excluding hydrogens is 248 g/mol. The number of hydrogen-bond donors (Lipinski definition) is 1. The summed E-state index contributed by atoms with van der Waals surface area (Å²) in [6, 6.07) is 6.11. The highest BCUT2D eigenvalue weighted by Crippen LogP contribution is 2.18. The topological polar surface area (TPSA) is 46.3 Å². The van der Waals surface area contributed by atoms with E-state index in [1.165, 1.54) is 0 Å². The van der Waals surface area contributed by atoms with E-state index in [1.54, 1.807) is 0 Å². The smallest absolute Gasteiger partial charge is 0.254 e. The summed E-state index contributed by atoms with van der Waals surface area (Å²) in [7, 11) is 0. The van der Waals surface area contributed by atoms with Gasteiger partial charge < -0.3 is 10.6 Å². The predicted octanol–water partition coefficient (Wildman–Crippen LogP) is 2.29. The third kappa shape index (κ3) is 3.03. The number of carbonyl (C=O) groups excluding carboxylic acids is 1. The van der Waals surface area contributed by atoms with Crippen molar-refractivity contribution in [3.05, 3.63) is 34.9 Å². The van der Waals surface area contributed by atoms with Gasteiger partial charge in [0.15, 0.2) is 0 Å². The van der Waals surface area contributed by atoms with Crippen LogP contribution in [0.3, 0.4) is 0 Å². The molecule has 1 aliphatic rings. The van der Waals surface area contributed by atoms with Gasteiger partial charge >= 0.3 is 0 Å². The van der Waals surface area contributed by atoms with Gasteiger partial charge in [-0.2, -0.15) is 0 Å². The minimum Gasteiger partial charge on any atom is -0.337 e. The summed E-state index contributed by atoms with van der Waals surface area (Å²) in [5.74, 6) is 0.135. The van der Waals surface area contributed by atoms with Gasteiger partial charge in [-0.15, -0.1) is 12.4 Å². The monoisotopic (exact) mass is 268 g/mol. The zero-order valence-electron chi connectivity index (χ0n) is 11.0. The maximum atomic E-state index is 12.5. The molecule has 0 radical (unpaired) electrons. The van der Waals surface area contributed by atoms with E-state index in [0.29, 0.717) is 6.54 Å². The van der Waals surface area contributed by atoms with Gasteiger partial charge in [0.25, 0.3) is 5.91 Å². The van der Waals surface area contributed by atoms with Crippen molar-refractivity contribution in [2.45, 2.75) is 32.7 Å². The second kappa shape index (κ2) is 6.21. The number of hydrogen-bond acceptors (Lipinski definition) is 2. The van der Waals surface area contributed by atoms with Gasteiger partial charge in [-0.1, -0.05) is 18.2 Å². The standard InChI is InChI=1S/C14H20N2O.ClH/c1-10-5-3-6-11(2)13(10)14(17)16-8-4-7-12(15)9-16;/h3,5-6,12H,4,7-9,15H2,1-2H3;1H/t12-;/m1./s1. The predicted molar refractivity (Wildman–Crippen MR) is 76.3 cm³/mol. The molecule has 1 fully saturated rings. The highest BCUT2D eigenvalue weighted by molar-refractivity contribution is 5.97. The van der Waals surface area contributed by atoms with Crippen LogP contribution >= 0.6 is 12.4 Å². The van der Waals surface area contributed by atoms with Crippen LogP contribution < -0.4 is 5.73 Å². The van der Waals surface area contributed by atoms with Crippen molar-refractivity contribution in [1.29, 1.82) is 0 Å². The first-order valence-electron chi connectivity index (χ1n) is 6.20. The zero-order chi connectivity index (χ0) is 12.4. The number of nitrogens with two attached hydrogens (primary N) is 1. The number of carbonyl (C=O) groups is 1. The number of halogens is 1. The van der Waals surface area contributed by atoms with Crippen LogP contribution in [0, 0.1) is 13.8 Å². The molecule has 4 heteroatoms. The fourth-order valence-electron chi connectivity index (χ4n) is 2.50. The van der Waals surface area contributed by atoms with E-state index in [4.69, 9.17) is 5.73 Å². The number of rotatable bonds is 1. The van der Waals surface area contributed by atoms with Crippen molar-refractivity contribution in [3.63, 3.8) is 0 Å². The summed E-state index contributed by atoms with van der Waals surface area (Å²) in [5.41, 5.74) is 8.87. The molecule has 0 bridgehead atoms. The molecule has 0 aliphatic carbocycles. The third-order valence-electron chi connectivity index (χ3n) is 3.44. The van der Waals surface area contributed by atoms with E-state index in [1.807, 2.05) is 36.9 Å². The molecule has 1 aliphatic heterocycles. The zero-order valence-corrected chi connectivity index (χ0v) is 11.8. The summed E-state index contributed by atoms with van der Waals surface area (Å²) in [6.07, 6.45) is 2.04. The van der Waals surface area contributed by atoms with Gasteiger partial charge in [0.05, 0.1) is 0 Å². The molecule has 1 aromatic carbocycles. The SMILES string of the molecule is Cc1cccc(C)c1C(=O)N1CCC[C@@H](N)C1.Cl. The first-order chi connectivity index (χ1) is 8.09. The molecular formula is C14H21ClN2O. The Labute approximate surface area is 115 Å². The van der Waals surface area contributed by atoms with Crippen LogP contribution in [-0.4, -0.2) is 29.9 Å². The van der Waals surface area contributed by atoms with Crippen LogP contribution in [0.4, 0.5) is 0 Å². The van der Waals surface area contributed by atoms with Gasteiger partial charge in [-0.25, -0.2) is 0 Å². The van der Waals surface area contributed by atoms with Crippen LogP contribution in [0.5, 0.6) is 0 Å². The Morgan fingerprint density at radius 2 is 1.94 bits per heavy atom. The summed E-state index contributed by atoms with van der Waals surface area (Å²) >= 11 is 0. The molecule has 18 heavy (non-hydrogen) atoms. The van der Waals surface area contributed by atoms with Gasteiger partial charge in [-0.05, 0) is 37.8 Å². The Bertz CT molecular complexity index is 414. The molecule has 100 valence electrons. The average Bonchev–Trinajstić information content (AvgIpc) is 2.28. The molecule has 0 saturated carbocycles. The van der Waals surface area contributed by atoms with E-state index < -0.39 is 0 Å². The molecule has 1 aromatic rings. The number of amides is 1. The van der Waals surface area contributed by atoms with Crippen LogP contribution in [0.25, 0.3) is 0 Å². The van der Waals surface area contributed by atoms with Crippen LogP contribution in [0.2, 0.25) is 0 Å². The van der Waals surface area contributed by atoms with E-state index in [0.717, 1.165) is 36.1 Å². The fourth-order valence-corrected chi connectivity index (χ4v) is 2.50. The lowest BCUT2D eigenvalue weighted by Crippen LogP contribution is -2.46. The lowest BCUT2D eigenvalue weighted by molar-refractivity contribution is 0.0707. The third-order valence-corrected chi connectivity index (χ3v) is 3.44. The molecule has 3 nitrogen and oxygen atoms in total. The molecule has 1 atom stereocenters. The molecule has 0 aromatic heterocycles. The lowest BCUT2D eigenvalue weighted by atomic mass is 9.99. The van der Waals surface area contributed by atoms with Crippen molar-refractivity contribution in [3.8, 4) is 0 Å². The van der Waals surface area contributed by atoms with E-state index in [2.05, 4.69) is 0 Å². The molecule has 2 rings (SSSR count). The van der Waals surface area contributed by atoms with E-state index in [-0.39, 0.29) is 24.4 Å². The van der Waals surface area contributed by atoms with Gasteiger partial charge in [0, 0.05) is 24.7 Å². The first kappa shape index (κ1) is 15.0. The number of benzene rings is 1. The number of aryl methyl sites for hydroxylation is 2.